The van der Waals surface area contributed by atoms with Gasteiger partial charge in [0.2, 0.25) is 0 Å². The highest BCUT2D eigenvalue weighted by Crippen LogP contribution is 2.29. The van der Waals surface area contributed by atoms with E-state index < -0.39 is 17.8 Å². The second-order valence-corrected chi connectivity index (χ2v) is 5.00. The molecule has 0 atom stereocenters. The number of benzene rings is 2. The summed E-state index contributed by atoms with van der Waals surface area (Å²) in [6.45, 7) is 1.89. The highest BCUT2D eigenvalue weighted by atomic mass is 19.4. The van der Waals surface area contributed by atoms with Gasteiger partial charge in [-0.1, -0.05) is 36.1 Å². The lowest BCUT2D eigenvalue weighted by molar-refractivity contribution is -0.137. The monoisotopic (exact) mass is 332 g/mol. The number of urea groups is 1. The quantitative estimate of drug-likeness (QED) is 0.796. The molecule has 0 aliphatic rings. The van der Waals surface area contributed by atoms with E-state index >= 15 is 0 Å². The Labute approximate surface area is 137 Å². The van der Waals surface area contributed by atoms with Crippen LogP contribution in [-0.2, 0) is 6.18 Å². The van der Waals surface area contributed by atoms with Gasteiger partial charge in [0.15, 0.2) is 0 Å². The van der Waals surface area contributed by atoms with Crippen molar-refractivity contribution in [2.45, 2.75) is 13.1 Å². The molecule has 0 unspecified atom stereocenters. The number of alkyl halides is 3. The van der Waals surface area contributed by atoms with Gasteiger partial charge in [-0.2, -0.15) is 13.2 Å². The molecule has 0 radical (unpaired) electrons. The number of halogens is 3. The van der Waals surface area contributed by atoms with Gasteiger partial charge < -0.3 is 10.6 Å². The van der Waals surface area contributed by atoms with Gasteiger partial charge in [0.25, 0.3) is 0 Å². The van der Waals surface area contributed by atoms with Crippen molar-refractivity contribution in [1.82, 2.24) is 5.32 Å². The van der Waals surface area contributed by atoms with Crippen molar-refractivity contribution >= 4 is 11.7 Å². The minimum absolute atomic E-state index is 0.0218. The van der Waals surface area contributed by atoms with Gasteiger partial charge in [-0.15, -0.1) is 0 Å². The van der Waals surface area contributed by atoms with Crippen LogP contribution in [0.2, 0.25) is 0 Å². The molecule has 2 N–H and O–H groups in total. The van der Waals surface area contributed by atoms with Crippen molar-refractivity contribution in [2.75, 3.05) is 11.9 Å². The fourth-order valence-electron chi connectivity index (χ4n) is 1.92. The van der Waals surface area contributed by atoms with Crippen molar-refractivity contribution in [3.63, 3.8) is 0 Å². The zero-order valence-corrected chi connectivity index (χ0v) is 12.9. The van der Waals surface area contributed by atoms with Gasteiger partial charge in [-0.3, -0.25) is 0 Å². The van der Waals surface area contributed by atoms with E-state index in [9.17, 15) is 18.0 Å². The second-order valence-electron chi connectivity index (χ2n) is 5.00. The van der Waals surface area contributed by atoms with Crippen LogP contribution in [0.25, 0.3) is 0 Å². The smallest absolute Gasteiger partial charge is 0.327 e. The summed E-state index contributed by atoms with van der Waals surface area (Å²) < 4.78 is 37.8. The Morgan fingerprint density at radius 2 is 1.88 bits per heavy atom. The van der Waals surface area contributed by atoms with E-state index in [2.05, 4.69) is 22.5 Å². The maximum atomic E-state index is 12.6. The zero-order chi connectivity index (χ0) is 17.6. The van der Waals surface area contributed by atoms with Gasteiger partial charge in [-0.05, 0) is 36.8 Å². The fourth-order valence-corrected chi connectivity index (χ4v) is 1.92. The molecule has 6 heteroatoms. The van der Waals surface area contributed by atoms with Crippen LogP contribution in [0.1, 0.15) is 16.7 Å². The molecule has 0 fully saturated rings. The number of carbonyl (C=O) groups excluding carboxylic acids is 1. The molecule has 2 rings (SSSR count). The predicted octanol–water partition coefficient (Wildman–Crippen LogP) is 4.19. The van der Waals surface area contributed by atoms with Crippen molar-refractivity contribution in [3.8, 4) is 11.8 Å². The third-order valence-electron chi connectivity index (χ3n) is 3.15. The van der Waals surface area contributed by atoms with Gasteiger partial charge in [0, 0.05) is 11.3 Å². The maximum Gasteiger partial charge on any atom is 0.416 e. The van der Waals surface area contributed by atoms with Crippen LogP contribution >= 0.6 is 0 Å². The van der Waals surface area contributed by atoms with Crippen LogP contribution in [-0.4, -0.2) is 12.6 Å². The lowest BCUT2D eigenvalue weighted by Gasteiger charge is -2.07. The number of rotatable bonds is 2. The van der Waals surface area contributed by atoms with Crippen molar-refractivity contribution in [3.05, 3.63) is 65.2 Å². The van der Waals surface area contributed by atoms with Gasteiger partial charge >= 0.3 is 12.2 Å². The van der Waals surface area contributed by atoms with Crippen LogP contribution in [0.3, 0.4) is 0 Å². The van der Waals surface area contributed by atoms with E-state index in [0.717, 1.165) is 17.7 Å². The average molecular weight is 332 g/mol. The van der Waals surface area contributed by atoms with E-state index in [4.69, 9.17) is 0 Å². The summed E-state index contributed by atoms with van der Waals surface area (Å²) in [5.74, 6) is 5.22. The summed E-state index contributed by atoms with van der Waals surface area (Å²) in [5.41, 5.74) is 1.09. The largest absolute Gasteiger partial charge is 0.416 e. The molecular formula is C18H15F3N2O. The number of anilines is 1. The van der Waals surface area contributed by atoms with Crippen molar-refractivity contribution < 1.29 is 18.0 Å². The molecule has 0 bridgehead atoms. The van der Waals surface area contributed by atoms with Gasteiger partial charge in [-0.25, -0.2) is 4.79 Å². The molecule has 0 saturated carbocycles. The Kier molecular flexibility index (Phi) is 5.48. The number of para-hydroxylation sites is 1. The molecule has 2 amide bonds. The number of aryl methyl sites for hydroxylation is 1. The fraction of sp³-hybridized carbons (Fsp3) is 0.167. The van der Waals surface area contributed by atoms with E-state index in [1.807, 2.05) is 19.1 Å². The molecule has 2 aromatic carbocycles. The van der Waals surface area contributed by atoms with Crippen LogP contribution in [0, 0.1) is 18.8 Å². The summed E-state index contributed by atoms with van der Waals surface area (Å²) in [4.78, 5) is 11.7. The maximum absolute atomic E-state index is 12.6. The topological polar surface area (TPSA) is 41.1 Å². The highest BCUT2D eigenvalue weighted by Gasteiger charge is 2.30. The van der Waals surface area contributed by atoms with Crippen molar-refractivity contribution in [2.24, 2.45) is 0 Å². The first kappa shape index (κ1) is 17.4. The first-order valence-corrected chi connectivity index (χ1v) is 7.13. The Balaban J connectivity index is 1.90. The molecule has 0 heterocycles. The average Bonchev–Trinajstić information content (AvgIpc) is 2.53. The van der Waals surface area contributed by atoms with E-state index in [1.54, 1.807) is 12.1 Å². The molecule has 0 aromatic heterocycles. The van der Waals surface area contributed by atoms with Crippen molar-refractivity contribution in [1.29, 1.82) is 0 Å². The molecule has 3 nitrogen and oxygen atoms in total. The molecule has 24 heavy (non-hydrogen) atoms. The molecule has 0 aliphatic heterocycles. The number of hydrogen-bond acceptors (Lipinski definition) is 1. The van der Waals surface area contributed by atoms with Crippen LogP contribution in [0.4, 0.5) is 23.7 Å². The lowest BCUT2D eigenvalue weighted by Crippen LogP contribution is -2.29. The Bertz CT molecular complexity index is 789. The van der Waals surface area contributed by atoms with Crippen LogP contribution in [0.5, 0.6) is 0 Å². The highest BCUT2D eigenvalue weighted by molar-refractivity contribution is 5.90. The first-order valence-electron chi connectivity index (χ1n) is 7.13. The summed E-state index contributed by atoms with van der Waals surface area (Å²) in [6.07, 6.45) is -4.40. The van der Waals surface area contributed by atoms with E-state index in [1.165, 1.54) is 12.1 Å². The summed E-state index contributed by atoms with van der Waals surface area (Å²) in [7, 11) is 0. The van der Waals surface area contributed by atoms with Crippen LogP contribution < -0.4 is 10.6 Å². The first-order chi connectivity index (χ1) is 11.4. The number of nitrogens with one attached hydrogen (secondary N) is 2. The standard InChI is InChI=1S/C18H15F3N2O/c1-13-6-2-3-10-16(13)23-17(24)22-11-5-8-14-7-4-9-15(12-14)18(19,20)21/h2-4,6-7,9-10,12H,11H2,1H3,(H2,22,23,24). The Hall–Kier alpha value is -2.94. The number of amides is 2. The third-order valence-corrected chi connectivity index (χ3v) is 3.15. The summed E-state index contributed by atoms with van der Waals surface area (Å²) in [5, 5.41) is 5.20. The number of hydrogen-bond donors (Lipinski definition) is 2. The molecule has 2 aromatic rings. The summed E-state index contributed by atoms with van der Waals surface area (Å²) >= 11 is 0. The molecule has 0 aliphatic carbocycles. The van der Waals surface area contributed by atoms with Crippen LogP contribution in [0.15, 0.2) is 48.5 Å². The van der Waals surface area contributed by atoms with Gasteiger partial charge in [0.1, 0.15) is 0 Å². The Morgan fingerprint density at radius 3 is 2.58 bits per heavy atom. The molecular weight excluding hydrogens is 317 g/mol. The van der Waals surface area contributed by atoms with E-state index in [-0.39, 0.29) is 12.1 Å². The normalized spacial score (nSPS) is 10.5. The Morgan fingerprint density at radius 1 is 1.12 bits per heavy atom. The zero-order valence-electron chi connectivity index (χ0n) is 12.9. The molecule has 0 saturated heterocycles. The minimum Gasteiger partial charge on any atom is -0.327 e. The third kappa shape index (κ3) is 5.06. The lowest BCUT2D eigenvalue weighted by atomic mass is 10.1. The number of carbonyl (C=O) groups is 1. The molecule has 0 spiro atoms. The second kappa shape index (κ2) is 7.55. The summed E-state index contributed by atoms with van der Waals surface area (Å²) in [6, 6.07) is 11.6. The molecule has 124 valence electrons. The SMILES string of the molecule is Cc1ccccc1NC(=O)NCC#Cc1cccc(C(F)(F)F)c1. The minimum atomic E-state index is -4.40. The van der Waals surface area contributed by atoms with Gasteiger partial charge in [0.05, 0.1) is 12.1 Å². The van der Waals surface area contributed by atoms with E-state index in [0.29, 0.717) is 5.69 Å². The predicted molar refractivity (Wildman–Crippen MR) is 86.5 cm³/mol.